The van der Waals surface area contributed by atoms with Crippen molar-refractivity contribution in [2.45, 2.75) is 18.9 Å². The minimum Gasteiger partial charge on any atom is -0.454 e. The van der Waals surface area contributed by atoms with Crippen molar-refractivity contribution in [3.05, 3.63) is 36.0 Å². The van der Waals surface area contributed by atoms with Crippen molar-refractivity contribution in [1.82, 2.24) is 15.5 Å². The Kier molecular flexibility index (Phi) is 4.34. The molecule has 0 aliphatic carbocycles. The van der Waals surface area contributed by atoms with Gasteiger partial charge in [-0.1, -0.05) is 0 Å². The van der Waals surface area contributed by atoms with Gasteiger partial charge in [-0.05, 0) is 37.1 Å². The molecule has 0 saturated carbocycles. The van der Waals surface area contributed by atoms with E-state index in [1.54, 1.807) is 12.1 Å². The maximum atomic E-state index is 12.1. The molecular formula is C17H18N4O4. The molecule has 1 unspecified atom stereocenters. The lowest BCUT2D eigenvalue weighted by Crippen LogP contribution is -2.32. The molecule has 0 spiro atoms. The summed E-state index contributed by atoms with van der Waals surface area (Å²) in [6, 6.07) is 8.85. The fourth-order valence-corrected chi connectivity index (χ4v) is 2.74. The van der Waals surface area contributed by atoms with Crippen LogP contribution in [0.1, 0.15) is 23.3 Å². The first-order chi connectivity index (χ1) is 12.3. The standard InChI is InChI=1S/C17H18N4O4/c22-17(18-9-12-2-1-7-23-12)13-4-6-16(21-20-13)19-11-3-5-14-15(8-11)25-10-24-14/h3-6,8,12H,1-2,7,9-10H2,(H,18,22)(H,19,21). The predicted octanol–water partition coefficient (Wildman–Crippen LogP) is 1.86. The SMILES string of the molecule is O=C(NCC1CCCO1)c1ccc(Nc2ccc3c(c2)OCO3)nn1. The number of nitrogens with one attached hydrogen (secondary N) is 2. The summed E-state index contributed by atoms with van der Waals surface area (Å²) in [7, 11) is 0. The average molecular weight is 342 g/mol. The number of carbonyl (C=O) groups is 1. The first-order valence-electron chi connectivity index (χ1n) is 8.18. The van der Waals surface area contributed by atoms with Crippen LogP contribution in [0.15, 0.2) is 30.3 Å². The van der Waals surface area contributed by atoms with Crippen molar-refractivity contribution in [2.24, 2.45) is 0 Å². The quantitative estimate of drug-likeness (QED) is 0.856. The largest absolute Gasteiger partial charge is 0.454 e. The van der Waals surface area contributed by atoms with Crippen molar-refractivity contribution < 1.29 is 19.0 Å². The number of ether oxygens (including phenoxy) is 3. The topological polar surface area (TPSA) is 94.6 Å². The fraction of sp³-hybridized carbons (Fsp3) is 0.353. The Morgan fingerprint density at radius 1 is 1.16 bits per heavy atom. The smallest absolute Gasteiger partial charge is 0.271 e. The van der Waals surface area contributed by atoms with Crippen LogP contribution >= 0.6 is 0 Å². The molecule has 0 bridgehead atoms. The van der Waals surface area contributed by atoms with E-state index in [1.807, 2.05) is 18.2 Å². The summed E-state index contributed by atoms with van der Waals surface area (Å²) in [5, 5.41) is 14.0. The zero-order valence-electron chi connectivity index (χ0n) is 13.5. The zero-order chi connectivity index (χ0) is 17.1. The molecule has 0 radical (unpaired) electrons. The van der Waals surface area contributed by atoms with Crippen molar-refractivity contribution in [2.75, 3.05) is 25.3 Å². The number of hydrogen-bond donors (Lipinski definition) is 2. The van der Waals surface area contributed by atoms with Gasteiger partial charge in [-0.25, -0.2) is 0 Å². The van der Waals surface area contributed by atoms with Crippen LogP contribution in [0.5, 0.6) is 11.5 Å². The first-order valence-corrected chi connectivity index (χ1v) is 8.18. The Morgan fingerprint density at radius 3 is 2.88 bits per heavy atom. The number of nitrogens with zero attached hydrogens (tertiary/aromatic N) is 2. The van der Waals surface area contributed by atoms with Gasteiger partial charge < -0.3 is 24.8 Å². The molecule has 130 valence electrons. The first kappa shape index (κ1) is 15.6. The van der Waals surface area contributed by atoms with Gasteiger partial charge in [-0.3, -0.25) is 4.79 Å². The average Bonchev–Trinajstić information content (AvgIpc) is 3.31. The highest BCUT2D eigenvalue weighted by Gasteiger charge is 2.17. The maximum Gasteiger partial charge on any atom is 0.271 e. The minimum absolute atomic E-state index is 0.101. The van der Waals surface area contributed by atoms with E-state index < -0.39 is 0 Å². The molecular weight excluding hydrogens is 324 g/mol. The summed E-state index contributed by atoms with van der Waals surface area (Å²) in [6.07, 6.45) is 2.12. The molecule has 8 nitrogen and oxygen atoms in total. The second kappa shape index (κ2) is 6.94. The van der Waals surface area contributed by atoms with Crippen molar-refractivity contribution in [3.63, 3.8) is 0 Å². The molecule has 8 heteroatoms. The second-order valence-electron chi connectivity index (χ2n) is 5.84. The molecule has 1 aromatic heterocycles. The molecule has 4 rings (SSSR count). The van der Waals surface area contributed by atoms with Gasteiger partial charge in [0.2, 0.25) is 6.79 Å². The van der Waals surface area contributed by atoms with E-state index in [-0.39, 0.29) is 24.5 Å². The third-order valence-electron chi connectivity index (χ3n) is 4.06. The molecule has 3 heterocycles. The highest BCUT2D eigenvalue weighted by molar-refractivity contribution is 5.92. The van der Waals surface area contributed by atoms with Crippen LogP contribution in [0.25, 0.3) is 0 Å². The number of rotatable bonds is 5. The van der Waals surface area contributed by atoms with E-state index in [0.717, 1.165) is 30.9 Å². The van der Waals surface area contributed by atoms with Gasteiger partial charge in [0.25, 0.3) is 5.91 Å². The Hall–Kier alpha value is -2.87. The number of aromatic nitrogens is 2. The van der Waals surface area contributed by atoms with E-state index >= 15 is 0 Å². The Morgan fingerprint density at radius 2 is 2.08 bits per heavy atom. The number of amides is 1. The second-order valence-corrected chi connectivity index (χ2v) is 5.84. The summed E-state index contributed by atoms with van der Waals surface area (Å²) in [6.45, 7) is 1.49. The molecule has 25 heavy (non-hydrogen) atoms. The maximum absolute atomic E-state index is 12.1. The number of carbonyl (C=O) groups excluding carboxylic acids is 1. The summed E-state index contributed by atoms with van der Waals surface area (Å²) >= 11 is 0. The van der Waals surface area contributed by atoms with Crippen LogP contribution in [-0.4, -0.2) is 42.2 Å². The molecule has 2 aliphatic rings. The molecule has 1 fully saturated rings. The molecule has 2 N–H and O–H groups in total. The van der Waals surface area contributed by atoms with E-state index in [0.29, 0.717) is 18.1 Å². The number of benzene rings is 1. The number of hydrogen-bond acceptors (Lipinski definition) is 7. The lowest BCUT2D eigenvalue weighted by molar-refractivity contribution is 0.0853. The van der Waals surface area contributed by atoms with Gasteiger partial charge in [0, 0.05) is 24.9 Å². The van der Waals surface area contributed by atoms with Crippen molar-refractivity contribution >= 4 is 17.4 Å². The lowest BCUT2D eigenvalue weighted by atomic mass is 10.2. The van der Waals surface area contributed by atoms with Crippen LogP contribution in [0.2, 0.25) is 0 Å². The Labute approximate surface area is 144 Å². The third kappa shape index (κ3) is 3.63. The molecule has 1 saturated heterocycles. The summed E-state index contributed by atoms with van der Waals surface area (Å²) in [5.41, 5.74) is 1.07. The Bertz CT molecular complexity index is 760. The monoisotopic (exact) mass is 342 g/mol. The van der Waals surface area contributed by atoms with E-state index in [4.69, 9.17) is 14.2 Å². The van der Waals surface area contributed by atoms with Gasteiger partial charge in [-0.15, -0.1) is 10.2 Å². The fourth-order valence-electron chi connectivity index (χ4n) is 2.74. The highest BCUT2D eigenvalue weighted by Crippen LogP contribution is 2.34. The predicted molar refractivity (Wildman–Crippen MR) is 89.2 cm³/mol. The van der Waals surface area contributed by atoms with Gasteiger partial charge in [0.15, 0.2) is 23.0 Å². The van der Waals surface area contributed by atoms with Gasteiger partial charge in [0.1, 0.15) is 0 Å². The molecule has 2 aliphatic heterocycles. The van der Waals surface area contributed by atoms with Gasteiger partial charge in [-0.2, -0.15) is 0 Å². The van der Waals surface area contributed by atoms with Crippen molar-refractivity contribution in [3.8, 4) is 11.5 Å². The van der Waals surface area contributed by atoms with Crippen LogP contribution in [0, 0.1) is 0 Å². The normalized spacial score (nSPS) is 18.2. The van der Waals surface area contributed by atoms with Crippen LogP contribution in [0.3, 0.4) is 0 Å². The van der Waals surface area contributed by atoms with E-state index in [1.165, 1.54) is 0 Å². The Balaban J connectivity index is 1.35. The molecule has 1 amide bonds. The highest BCUT2D eigenvalue weighted by atomic mass is 16.7. The summed E-state index contributed by atoms with van der Waals surface area (Å²) in [5.74, 6) is 1.69. The molecule has 1 aromatic carbocycles. The summed E-state index contributed by atoms with van der Waals surface area (Å²) in [4.78, 5) is 12.1. The van der Waals surface area contributed by atoms with Crippen LogP contribution < -0.4 is 20.1 Å². The summed E-state index contributed by atoms with van der Waals surface area (Å²) < 4.78 is 16.1. The van der Waals surface area contributed by atoms with E-state index in [9.17, 15) is 4.79 Å². The lowest BCUT2D eigenvalue weighted by Gasteiger charge is -2.10. The zero-order valence-corrected chi connectivity index (χ0v) is 13.5. The van der Waals surface area contributed by atoms with Crippen molar-refractivity contribution in [1.29, 1.82) is 0 Å². The van der Waals surface area contributed by atoms with E-state index in [2.05, 4.69) is 20.8 Å². The van der Waals surface area contributed by atoms with Gasteiger partial charge in [0.05, 0.1) is 6.10 Å². The molecule has 1 atom stereocenters. The van der Waals surface area contributed by atoms with Crippen LogP contribution in [-0.2, 0) is 4.74 Å². The third-order valence-corrected chi connectivity index (χ3v) is 4.06. The minimum atomic E-state index is -0.252. The van der Waals surface area contributed by atoms with Gasteiger partial charge >= 0.3 is 0 Å². The number of fused-ring (bicyclic) bond motifs is 1. The molecule has 2 aromatic rings. The number of anilines is 2. The van der Waals surface area contributed by atoms with Crippen LogP contribution in [0.4, 0.5) is 11.5 Å².